The van der Waals surface area contributed by atoms with Crippen molar-refractivity contribution in [2.75, 3.05) is 10.6 Å². The van der Waals surface area contributed by atoms with E-state index in [1.807, 2.05) is 36.4 Å². The summed E-state index contributed by atoms with van der Waals surface area (Å²) in [5, 5.41) is 18.3. The van der Waals surface area contributed by atoms with Crippen molar-refractivity contribution in [3.05, 3.63) is 90.0 Å². The van der Waals surface area contributed by atoms with Crippen molar-refractivity contribution in [2.45, 2.75) is 6.54 Å². The Hall–Kier alpha value is -3.98. The first-order valence-corrected chi connectivity index (χ1v) is 11.6. The van der Waals surface area contributed by atoms with Gasteiger partial charge in [-0.2, -0.15) is 0 Å². The van der Waals surface area contributed by atoms with E-state index in [9.17, 15) is 18.3 Å². The van der Waals surface area contributed by atoms with Gasteiger partial charge in [0, 0.05) is 10.9 Å². The number of anilines is 1. The monoisotopic (exact) mass is 448 g/mol. The van der Waals surface area contributed by atoms with E-state index in [0.717, 1.165) is 11.8 Å². The Kier molecular flexibility index (Phi) is 5.74. The largest absolute Gasteiger partial charge is 0.493 e. The van der Waals surface area contributed by atoms with Gasteiger partial charge in [0.25, 0.3) is 5.91 Å². The molecule has 0 saturated heterocycles. The fraction of sp³-hybridized carbons (Fsp3) is 0.0870. The van der Waals surface area contributed by atoms with Gasteiger partial charge in [0.05, 0.1) is 24.0 Å². The fourth-order valence-corrected chi connectivity index (χ4v) is 4.18. The number of sulfonamides is 1. The zero-order valence-electron chi connectivity index (χ0n) is 17.1. The van der Waals surface area contributed by atoms with Crippen molar-refractivity contribution in [1.82, 2.24) is 4.98 Å². The number of nitrogens with one attached hydrogen (secondary N) is 1. The van der Waals surface area contributed by atoms with Crippen LogP contribution in [0.4, 0.5) is 11.4 Å². The van der Waals surface area contributed by atoms with Crippen molar-refractivity contribution in [3.8, 4) is 5.88 Å². The van der Waals surface area contributed by atoms with E-state index in [4.69, 9.17) is 0 Å². The van der Waals surface area contributed by atoms with Crippen LogP contribution in [0.1, 0.15) is 15.9 Å². The fourth-order valence-electron chi connectivity index (χ4n) is 3.29. The minimum Gasteiger partial charge on any atom is -0.493 e. The van der Waals surface area contributed by atoms with Crippen molar-refractivity contribution < 1.29 is 18.3 Å². The summed E-state index contributed by atoms with van der Waals surface area (Å²) < 4.78 is 25.9. The maximum Gasteiger partial charge on any atom is 0.295 e. The molecule has 0 saturated carbocycles. The van der Waals surface area contributed by atoms with Crippen LogP contribution in [-0.2, 0) is 16.6 Å². The molecule has 1 heterocycles. The summed E-state index contributed by atoms with van der Waals surface area (Å²) in [6, 6.07) is 22.5. The molecule has 32 heavy (non-hydrogen) atoms. The molecule has 0 atom stereocenters. The Bertz CT molecular complexity index is 1400. The molecule has 0 bridgehead atoms. The Labute approximate surface area is 184 Å². The van der Waals surface area contributed by atoms with Gasteiger partial charge in [-0.3, -0.25) is 9.10 Å². The van der Waals surface area contributed by atoms with Gasteiger partial charge in [-0.1, -0.05) is 48.5 Å². The van der Waals surface area contributed by atoms with Crippen LogP contribution < -0.4 is 4.31 Å². The van der Waals surface area contributed by atoms with E-state index >= 15 is 0 Å². The first-order chi connectivity index (χ1) is 15.3. The molecule has 0 radical (unpaired) electrons. The zero-order chi connectivity index (χ0) is 22.7. The van der Waals surface area contributed by atoms with Crippen molar-refractivity contribution >= 4 is 38.2 Å². The van der Waals surface area contributed by atoms with Crippen LogP contribution in [-0.4, -0.2) is 30.7 Å². The highest BCUT2D eigenvalue weighted by Gasteiger charge is 2.18. The van der Waals surface area contributed by atoms with Crippen LogP contribution >= 0.6 is 0 Å². The minimum absolute atomic E-state index is 0.173. The standard InChI is InChI=1S/C23H20N4O4S/c1-32(30,31)27(15-16-7-3-2-4-8-16)18-13-11-17(12-14-18)22(28)26-25-21-19-9-5-6-10-20(19)24-23(21)29/h2-14,24,29H,15H2,1H3. The second kappa shape index (κ2) is 8.64. The molecule has 0 aliphatic carbocycles. The summed E-state index contributed by atoms with van der Waals surface area (Å²) in [4.78, 5) is 15.2. The number of amides is 1. The van der Waals surface area contributed by atoms with Gasteiger partial charge in [-0.25, -0.2) is 8.42 Å². The lowest BCUT2D eigenvalue weighted by atomic mass is 10.2. The number of para-hydroxylation sites is 1. The maximum absolute atomic E-state index is 12.5. The van der Waals surface area contributed by atoms with Crippen LogP contribution in [0, 0.1) is 0 Å². The van der Waals surface area contributed by atoms with Gasteiger partial charge in [0.15, 0.2) is 5.69 Å². The third-order valence-corrected chi connectivity index (χ3v) is 6.01. The molecule has 0 unspecified atom stereocenters. The van der Waals surface area contributed by atoms with E-state index in [-0.39, 0.29) is 23.7 Å². The predicted molar refractivity (Wildman–Crippen MR) is 123 cm³/mol. The Balaban J connectivity index is 1.56. The van der Waals surface area contributed by atoms with Gasteiger partial charge in [-0.05, 0) is 35.9 Å². The molecule has 2 N–H and O–H groups in total. The number of benzene rings is 3. The number of carbonyl (C=O) groups is 1. The quantitative estimate of drug-likeness (QED) is 0.414. The highest BCUT2D eigenvalue weighted by atomic mass is 32.2. The molecule has 0 aliphatic rings. The van der Waals surface area contributed by atoms with Gasteiger partial charge in [0.1, 0.15) is 0 Å². The van der Waals surface area contributed by atoms with E-state index < -0.39 is 15.9 Å². The minimum atomic E-state index is -3.54. The van der Waals surface area contributed by atoms with Crippen LogP contribution in [0.2, 0.25) is 0 Å². The van der Waals surface area contributed by atoms with Crippen LogP contribution in [0.15, 0.2) is 89.1 Å². The van der Waals surface area contributed by atoms with Crippen LogP contribution in [0.5, 0.6) is 5.88 Å². The molecule has 9 heteroatoms. The number of aromatic amines is 1. The van der Waals surface area contributed by atoms with Gasteiger partial charge < -0.3 is 10.1 Å². The predicted octanol–water partition coefficient (Wildman–Crippen LogP) is 4.76. The molecule has 3 aromatic carbocycles. The number of azo groups is 1. The molecule has 4 rings (SSSR count). The lowest BCUT2D eigenvalue weighted by Gasteiger charge is -2.22. The molecule has 4 aromatic rings. The normalized spacial score (nSPS) is 11.8. The number of carbonyl (C=O) groups excluding carboxylic acids is 1. The molecule has 162 valence electrons. The second-order valence-electron chi connectivity index (χ2n) is 7.18. The van der Waals surface area contributed by atoms with E-state index in [1.165, 1.54) is 16.4 Å². The molecule has 0 aliphatic heterocycles. The number of hydrogen-bond donors (Lipinski definition) is 2. The highest BCUT2D eigenvalue weighted by Crippen LogP contribution is 2.35. The van der Waals surface area contributed by atoms with Crippen molar-refractivity contribution in [1.29, 1.82) is 0 Å². The topological polar surface area (TPSA) is 115 Å². The first-order valence-electron chi connectivity index (χ1n) is 9.70. The summed E-state index contributed by atoms with van der Waals surface area (Å²) in [5.41, 5.74) is 2.36. The SMILES string of the molecule is CS(=O)(=O)N(Cc1ccccc1)c1ccc(C(=O)N=Nc2c(O)[nH]c3ccccc23)cc1. The maximum atomic E-state index is 12.5. The number of hydrogen-bond acceptors (Lipinski definition) is 5. The Morgan fingerprint density at radius 3 is 2.31 bits per heavy atom. The third kappa shape index (κ3) is 4.52. The van der Waals surface area contributed by atoms with Crippen LogP contribution in [0.3, 0.4) is 0 Å². The molecule has 1 aromatic heterocycles. The second-order valence-corrected chi connectivity index (χ2v) is 9.08. The molecule has 1 amide bonds. The van der Waals surface area contributed by atoms with Crippen LogP contribution in [0.25, 0.3) is 10.9 Å². The molecule has 0 fully saturated rings. The molecule has 8 nitrogen and oxygen atoms in total. The lowest BCUT2D eigenvalue weighted by Crippen LogP contribution is -2.29. The van der Waals surface area contributed by atoms with E-state index in [1.54, 1.807) is 30.3 Å². The smallest absolute Gasteiger partial charge is 0.295 e. The average molecular weight is 449 g/mol. The Morgan fingerprint density at radius 1 is 0.969 bits per heavy atom. The Morgan fingerprint density at radius 2 is 1.62 bits per heavy atom. The summed E-state index contributed by atoms with van der Waals surface area (Å²) in [5.74, 6) is -0.794. The number of aromatic hydroxyl groups is 1. The van der Waals surface area contributed by atoms with E-state index in [2.05, 4.69) is 15.2 Å². The number of fused-ring (bicyclic) bond motifs is 1. The summed E-state index contributed by atoms with van der Waals surface area (Å²) in [6.45, 7) is 0.173. The van der Waals surface area contributed by atoms with Crippen molar-refractivity contribution in [2.24, 2.45) is 10.2 Å². The third-order valence-electron chi connectivity index (χ3n) is 4.87. The average Bonchev–Trinajstić information content (AvgIpc) is 3.11. The molecular weight excluding hydrogens is 428 g/mol. The highest BCUT2D eigenvalue weighted by molar-refractivity contribution is 7.92. The van der Waals surface area contributed by atoms with Gasteiger partial charge >= 0.3 is 0 Å². The van der Waals surface area contributed by atoms with E-state index in [0.29, 0.717) is 16.6 Å². The first kappa shape index (κ1) is 21.3. The van der Waals surface area contributed by atoms with Gasteiger partial charge in [-0.15, -0.1) is 10.2 Å². The lowest BCUT2D eigenvalue weighted by molar-refractivity contribution is 0.0995. The molecular formula is C23H20N4O4S. The van der Waals surface area contributed by atoms with Gasteiger partial charge in [0.2, 0.25) is 15.9 Å². The number of H-pyrrole nitrogens is 1. The summed E-state index contributed by atoms with van der Waals surface area (Å²) >= 11 is 0. The summed E-state index contributed by atoms with van der Waals surface area (Å²) in [7, 11) is -3.54. The number of nitrogens with zero attached hydrogens (tertiary/aromatic N) is 3. The number of rotatable bonds is 6. The summed E-state index contributed by atoms with van der Waals surface area (Å²) in [6.07, 6.45) is 1.14. The zero-order valence-corrected chi connectivity index (χ0v) is 18.0. The molecule has 0 spiro atoms. The number of aromatic nitrogens is 1. The van der Waals surface area contributed by atoms with Crippen molar-refractivity contribution in [3.63, 3.8) is 0 Å².